The molecule has 1 N–H and O–H groups in total. The summed E-state index contributed by atoms with van der Waals surface area (Å²) in [6.07, 6.45) is 0. The monoisotopic (exact) mass is 383 g/mol. The number of para-hydroxylation sites is 1. The number of ether oxygens (including phenoxy) is 1. The molecule has 3 aromatic carbocycles. The van der Waals surface area contributed by atoms with Crippen molar-refractivity contribution in [2.75, 3.05) is 11.9 Å². The molecule has 3 nitrogen and oxygen atoms in total. The lowest BCUT2D eigenvalue weighted by Crippen LogP contribution is -2.20. The van der Waals surface area contributed by atoms with E-state index in [2.05, 4.69) is 5.32 Å². The molecule has 0 atom stereocenters. The molecule has 0 radical (unpaired) electrons. The molecule has 3 aromatic rings. The van der Waals surface area contributed by atoms with Gasteiger partial charge in [0, 0.05) is 14.8 Å². The number of rotatable bonds is 6. The lowest BCUT2D eigenvalue weighted by atomic mass is 10.2. The molecule has 0 saturated heterocycles. The lowest BCUT2D eigenvalue weighted by molar-refractivity contribution is -0.118. The zero-order valence-corrected chi connectivity index (χ0v) is 15.8. The van der Waals surface area contributed by atoms with Crippen molar-refractivity contribution in [3.63, 3.8) is 0 Å². The molecule has 132 valence electrons. The van der Waals surface area contributed by atoms with Gasteiger partial charge in [-0.3, -0.25) is 4.79 Å². The Kier molecular flexibility index (Phi) is 6.21. The third kappa shape index (κ3) is 5.04. The minimum Gasteiger partial charge on any atom is -0.484 e. The SMILES string of the molecule is Cc1cc(OCC(=O)Nc2ccccc2Sc2ccccc2)ccc1Cl. The highest BCUT2D eigenvalue weighted by molar-refractivity contribution is 7.99. The number of nitrogens with one attached hydrogen (secondary N) is 1. The highest BCUT2D eigenvalue weighted by Gasteiger charge is 2.09. The standard InChI is InChI=1S/C21H18ClNO2S/c1-15-13-16(11-12-18(15)22)25-14-21(24)23-19-9-5-6-10-20(19)26-17-7-3-2-4-8-17/h2-13H,14H2,1H3,(H,23,24). The molecule has 1 amide bonds. The van der Waals surface area contributed by atoms with Crippen molar-refractivity contribution in [2.24, 2.45) is 0 Å². The van der Waals surface area contributed by atoms with E-state index in [1.165, 1.54) is 0 Å². The van der Waals surface area contributed by atoms with Crippen LogP contribution in [0.5, 0.6) is 5.75 Å². The summed E-state index contributed by atoms with van der Waals surface area (Å²) in [4.78, 5) is 14.4. The molecule has 0 unspecified atom stereocenters. The number of hydrogen-bond acceptors (Lipinski definition) is 3. The van der Waals surface area contributed by atoms with Crippen molar-refractivity contribution in [1.29, 1.82) is 0 Å². The van der Waals surface area contributed by atoms with Crippen LogP contribution in [0.1, 0.15) is 5.56 Å². The van der Waals surface area contributed by atoms with Crippen molar-refractivity contribution in [3.8, 4) is 5.75 Å². The third-order valence-corrected chi connectivity index (χ3v) is 5.14. The van der Waals surface area contributed by atoms with E-state index in [9.17, 15) is 4.79 Å². The van der Waals surface area contributed by atoms with Crippen molar-refractivity contribution >= 4 is 35.0 Å². The number of carbonyl (C=O) groups excluding carboxylic acids is 1. The van der Waals surface area contributed by atoms with Crippen molar-refractivity contribution in [3.05, 3.63) is 83.4 Å². The Morgan fingerprint density at radius 3 is 2.54 bits per heavy atom. The first-order valence-corrected chi connectivity index (χ1v) is 9.32. The number of hydrogen-bond donors (Lipinski definition) is 1. The van der Waals surface area contributed by atoms with Crippen LogP contribution in [-0.2, 0) is 4.79 Å². The van der Waals surface area contributed by atoms with Gasteiger partial charge in [0.25, 0.3) is 5.91 Å². The molecule has 0 aliphatic heterocycles. The molecule has 26 heavy (non-hydrogen) atoms. The van der Waals surface area contributed by atoms with Crippen LogP contribution in [0.15, 0.2) is 82.6 Å². The van der Waals surface area contributed by atoms with E-state index >= 15 is 0 Å². The van der Waals surface area contributed by atoms with E-state index in [1.54, 1.807) is 23.9 Å². The van der Waals surface area contributed by atoms with Crippen LogP contribution in [0, 0.1) is 6.92 Å². The number of anilines is 1. The molecule has 3 rings (SSSR count). The van der Waals surface area contributed by atoms with Crippen LogP contribution in [0.4, 0.5) is 5.69 Å². The highest BCUT2D eigenvalue weighted by Crippen LogP contribution is 2.33. The number of carbonyl (C=O) groups is 1. The second kappa shape index (κ2) is 8.79. The number of amides is 1. The van der Waals surface area contributed by atoms with Crippen LogP contribution in [0.3, 0.4) is 0 Å². The summed E-state index contributed by atoms with van der Waals surface area (Å²) in [6.45, 7) is 1.83. The average Bonchev–Trinajstić information content (AvgIpc) is 2.65. The molecule has 0 spiro atoms. The first kappa shape index (κ1) is 18.4. The maximum Gasteiger partial charge on any atom is 0.262 e. The fourth-order valence-electron chi connectivity index (χ4n) is 2.32. The average molecular weight is 384 g/mol. The molecule has 0 saturated carbocycles. The first-order chi connectivity index (χ1) is 12.6. The molecule has 0 aromatic heterocycles. The van der Waals surface area contributed by atoms with Gasteiger partial charge < -0.3 is 10.1 Å². The van der Waals surface area contributed by atoms with E-state index in [1.807, 2.05) is 67.6 Å². The second-order valence-electron chi connectivity index (χ2n) is 5.66. The quantitative estimate of drug-likeness (QED) is 0.583. The zero-order chi connectivity index (χ0) is 18.4. The van der Waals surface area contributed by atoms with Gasteiger partial charge in [-0.05, 0) is 55.0 Å². The summed E-state index contributed by atoms with van der Waals surface area (Å²) >= 11 is 7.60. The fourth-order valence-corrected chi connectivity index (χ4v) is 3.36. The van der Waals surface area contributed by atoms with Crippen LogP contribution in [0.2, 0.25) is 5.02 Å². The Morgan fingerprint density at radius 1 is 1.04 bits per heavy atom. The van der Waals surface area contributed by atoms with E-state index in [0.29, 0.717) is 10.8 Å². The minimum atomic E-state index is -0.210. The van der Waals surface area contributed by atoms with E-state index < -0.39 is 0 Å². The highest BCUT2D eigenvalue weighted by atomic mass is 35.5. The third-order valence-electron chi connectivity index (χ3n) is 3.63. The topological polar surface area (TPSA) is 38.3 Å². The van der Waals surface area contributed by atoms with Crippen molar-refractivity contribution in [2.45, 2.75) is 16.7 Å². The Bertz CT molecular complexity index is 900. The fraction of sp³-hybridized carbons (Fsp3) is 0.0952. The van der Waals surface area contributed by atoms with Crippen LogP contribution in [-0.4, -0.2) is 12.5 Å². The summed E-state index contributed by atoms with van der Waals surface area (Å²) in [5.41, 5.74) is 1.68. The Hall–Kier alpha value is -2.43. The van der Waals surface area contributed by atoms with E-state index in [4.69, 9.17) is 16.3 Å². The van der Waals surface area contributed by atoms with Gasteiger partial charge >= 0.3 is 0 Å². The van der Waals surface area contributed by atoms with Crippen LogP contribution < -0.4 is 10.1 Å². The zero-order valence-electron chi connectivity index (χ0n) is 14.2. The van der Waals surface area contributed by atoms with Gasteiger partial charge in [-0.2, -0.15) is 0 Å². The number of aryl methyl sites for hydroxylation is 1. The predicted octanol–water partition coefficient (Wildman–Crippen LogP) is 5.82. The second-order valence-corrected chi connectivity index (χ2v) is 7.18. The van der Waals surface area contributed by atoms with Gasteiger partial charge in [-0.1, -0.05) is 53.7 Å². The van der Waals surface area contributed by atoms with Crippen LogP contribution >= 0.6 is 23.4 Å². The largest absolute Gasteiger partial charge is 0.484 e. The maximum absolute atomic E-state index is 12.3. The Morgan fingerprint density at radius 2 is 1.77 bits per heavy atom. The van der Waals surface area contributed by atoms with Gasteiger partial charge in [0.2, 0.25) is 0 Å². The van der Waals surface area contributed by atoms with Gasteiger partial charge in [-0.15, -0.1) is 0 Å². The van der Waals surface area contributed by atoms with E-state index in [0.717, 1.165) is 21.0 Å². The summed E-state index contributed by atoms with van der Waals surface area (Å²) in [7, 11) is 0. The minimum absolute atomic E-state index is 0.0641. The molecule has 0 aliphatic rings. The summed E-state index contributed by atoms with van der Waals surface area (Å²) in [6, 6.07) is 23.1. The Balaban J connectivity index is 1.63. The first-order valence-electron chi connectivity index (χ1n) is 8.12. The summed E-state index contributed by atoms with van der Waals surface area (Å²) < 4.78 is 5.56. The van der Waals surface area contributed by atoms with Crippen molar-refractivity contribution in [1.82, 2.24) is 0 Å². The molecule has 0 bridgehead atoms. The molecule has 0 heterocycles. The molecule has 0 aliphatic carbocycles. The Labute approximate surface area is 162 Å². The van der Waals surface area contributed by atoms with Gasteiger partial charge in [0.05, 0.1) is 5.69 Å². The number of halogens is 1. The summed E-state index contributed by atoms with van der Waals surface area (Å²) in [5, 5.41) is 3.59. The normalized spacial score (nSPS) is 10.4. The molecule has 0 fully saturated rings. The maximum atomic E-state index is 12.3. The summed E-state index contributed by atoms with van der Waals surface area (Å²) in [5.74, 6) is 0.410. The van der Waals surface area contributed by atoms with E-state index in [-0.39, 0.29) is 12.5 Å². The number of benzene rings is 3. The van der Waals surface area contributed by atoms with Gasteiger partial charge in [0.1, 0.15) is 5.75 Å². The van der Waals surface area contributed by atoms with Crippen molar-refractivity contribution < 1.29 is 9.53 Å². The van der Waals surface area contributed by atoms with Crippen LogP contribution in [0.25, 0.3) is 0 Å². The molecular weight excluding hydrogens is 366 g/mol. The molecular formula is C21H18ClNO2S. The molecule has 5 heteroatoms. The smallest absolute Gasteiger partial charge is 0.262 e. The van der Waals surface area contributed by atoms with Gasteiger partial charge in [-0.25, -0.2) is 0 Å². The lowest BCUT2D eigenvalue weighted by Gasteiger charge is -2.12. The van der Waals surface area contributed by atoms with Gasteiger partial charge in [0.15, 0.2) is 6.61 Å². The predicted molar refractivity (Wildman–Crippen MR) is 107 cm³/mol.